The van der Waals surface area contributed by atoms with Crippen LogP contribution in [0.5, 0.6) is 11.5 Å². The molecule has 1 amide bonds. The van der Waals surface area contributed by atoms with E-state index in [0.717, 1.165) is 24.5 Å². The van der Waals surface area contributed by atoms with Gasteiger partial charge in [-0.25, -0.2) is 9.97 Å². The zero-order chi connectivity index (χ0) is 19.2. The Balaban J connectivity index is 1.71. The van der Waals surface area contributed by atoms with Gasteiger partial charge < -0.3 is 24.4 Å². The quantitative estimate of drug-likeness (QED) is 0.824. The second-order valence-corrected chi connectivity index (χ2v) is 6.18. The molecule has 144 valence electrons. The number of nitrogens with zero attached hydrogens (tertiary/aromatic N) is 3. The predicted molar refractivity (Wildman–Crippen MR) is 101 cm³/mol. The summed E-state index contributed by atoms with van der Waals surface area (Å²) in [6.45, 7) is 5.09. The van der Waals surface area contributed by atoms with E-state index >= 15 is 0 Å². The molecule has 27 heavy (non-hydrogen) atoms. The van der Waals surface area contributed by atoms with Gasteiger partial charge in [0.15, 0.2) is 0 Å². The second kappa shape index (κ2) is 8.68. The molecule has 2 aromatic rings. The van der Waals surface area contributed by atoms with Gasteiger partial charge in [-0.05, 0) is 25.1 Å². The Labute approximate surface area is 158 Å². The summed E-state index contributed by atoms with van der Waals surface area (Å²) in [7, 11) is 3.10. The first-order chi connectivity index (χ1) is 13.1. The van der Waals surface area contributed by atoms with Crippen molar-refractivity contribution in [2.75, 3.05) is 45.4 Å². The third-order valence-electron chi connectivity index (χ3n) is 4.23. The number of methoxy groups -OCH3 is 2. The van der Waals surface area contributed by atoms with Crippen LogP contribution in [0, 0.1) is 6.92 Å². The molecular formula is C19H24N4O4. The molecule has 1 aromatic heterocycles. The number of rotatable bonds is 6. The van der Waals surface area contributed by atoms with E-state index in [2.05, 4.69) is 20.2 Å². The molecule has 1 N–H and O–H groups in total. The standard InChI is InChI=1S/C19H24N4O4/c1-13-8-15(22-19(21-13)23-4-6-27-7-5-23)12-20-18(24)14-9-16(25-2)11-17(10-14)26-3/h8-11H,4-7,12H2,1-3H3,(H,20,24). The highest BCUT2D eigenvalue weighted by atomic mass is 16.5. The van der Waals surface area contributed by atoms with Gasteiger partial charge in [0, 0.05) is 30.4 Å². The number of aryl methyl sites for hydroxylation is 1. The van der Waals surface area contributed by atoms with Crippen molar-refractivity contribution in [1.82, 2.24) is 15.3 Å². The molecule has 0 unspecified atom stereocenters. The lowest BCUT2D eigenvalue weighted by Crippen LogP contribution is -2.37. The topological polar surface area (TPSA) is 85.8 Å². The van der Waals surface area contributed by atoms with E-state index in [1.54, 1.807) is 32.4 Å². The summed E-state index contributed by atoms with van der Waals surface area (Å²) < 4.78 is 15.8. The summed E-state index contributed by atoms with van der Waals surface area (Å²) in [5.41, 5.74) is 2.08. The molecule has 2 heterocycles. The van der Waals surface area contributed by atoms with Crippen LogP contribution < -0.4 is 19.7 Å². The Hall–Kier alpha value is -2.87. The van der Waals surface area contributed by atoms with Crippen LogP contribution in [0.25, 0.3) is 0 Å². The Morgan fingerprint density at radius 2 is 1.78 bits per heavy atom. The van der Waals surface area contributed by atoms with Crippen LogP contribution in [0.2, 0.25) is 0 Å². The normalized spacial score (nSPS) is 14.0. The van der Waals surface area contributed by atoms with Gasteiger partial charge in [0.25, 0.3) is 5.91 Å². The lowest BCUT2D eigenvalue weighted by atomic mass is 10.2. The lowest BCUT2D eigenvalue weighted by molar-refractivity contribution is 0.0949. The first-order valence-electron chi connectivity index (χ1n) is 8.77. The number of morpholine rings is 1. The Morgan fingerprint density at radius 1 is 1.11 bits per heavy atom. The number of carbonyl (C=O) groups is 1. The first kappa shape index (κ1) is 18.9. The van der Waals surface area contributed by atoms with Gasteiger partial charge in [0.1, 0.15) is 11.5 Å². The van der Waals surface area contributed by atoms with E-state index < -0.39 is 0 Å². The summed E-state index contributed by atoms with van der Waals surface area (Å²) in [6.07, 6.45) is 0. The molecule has 0 aliphatic carbocycles. The van der Waals surface area contributed by atoms with Crippen molar-refractivity contribution in [2.24, 2.45) is 0 Å². The summed E-state index contributed by atoms with van der Waals surface area (Å²) in [4.78, 5) is 23.7. The van der Waals surface area contributed by atoms with Gasteiger partial charge in [-0.15, -0.1) is 0 Å². The van der Waals surface area contributed by atoms with Crippen molar-refractivity contribution in [3.8, 4) is 11.5 Å². The van der Waals surface area contributed by atoms with E-state index in [0.29, 0.717) is 42.8 Å². The van der Waals surface area contributed by atoms with E-state index in [4.69, 9.17) is 14.2 Å². The summed E-state index contributed by atoms with van der Waals surface area (Å²) >= 11 is 0. The van der Waals surface area contributed by atoms with Crippen LogP contribution in [-0.4, -0.2) is 56.4 Å². The molecule has 0 atom stereocenters. The minimum Gasteiger partial charge on any atom is -0.497 e. The number of nitrogens with one attached hydrogen (secondary N) is 1. The number of hydrogen-bond donors (Lipinski definition) is 1. The minimum atomic E-state index is -0.226. The highest BCUT2D eigenvalue weighted by Crippen LogP contribution is 2.22. The van der Waals surface area contributed by atoms with Gasteiger partial charge in [0.05, 0.1) is 39.7 Å². The Bertz CT molecular complexity index is 784. The third-order valence-corrected chi connectivity index (χ3v) is 4.23. The van der Waals surface area contributed by atoms with Gasteiger partial charge in [-0.3, -0.25) is 4.79 Å². The van der Waals surface area contributed by atoms with Crippen molar-refractivity contribution < 1.29 is 19.0 Å². The molecule has 1 aliphatic heterocycles. The second-order valence-electron chi connectivity index (χ2n) is 6.18. The molecule has 3 rings (SSSR count). The molecule has 1 fully saturated rings. The minimum absolute atomic E-state index is 0.226. The maximum atomic E-state index is 12.5. The van der Waals surface area contributed by atoms with Crippen molar-refractivity contribution in [3.05, 3.63) is 41.2 Å². The van der Waals surface area contributed by atoms with Crippen LogP contribution in [0.15, 0.2) is 24.3 Å². The number of anilines is 1. The van der Waals surface area contributed by atoms with Crippen molar-refractivity contribution in [3.63, 3.8) is 0 Å². The fourth-order valence-electron chi connectivity index (χ4n) is 2.82. The number of benzene rings is 1. The molecule has 0 radical (unpaired) electrons. The molecule has 0 bridgehead atoms. The first-order valence-corrected chi connectivity index (χ1v) is 8.77. The Morgan fingerprint density at radius 3 is 2.41 bits per heavy atom. The van der Waals surface area contributed by atoms with E-state index in [9.17, 15) is 4.79 Å². The number of hydrogen-bond acceptors (Lipinski definition) is 7. The maximum Gasteiger partial charge on any atom is 0.251 e. The molecule has 0 saturated carbocycles. The maximum absolute atomic E-state index is 12.5. The van der Waals surface area contributed by atoms with Crippen LogP contribution in [-0.2, 0) is 11.3 Å². The Kier molecular flexibility index (Phi) is 6.08. The third kappa shape index (κ3) is 4.85. The lowest BCUT2D eigenvalue weighted by Gasteiger charge is -2.27. The van der Waals surface area contributed by atoms with Crippen LogP contribution >= 0.6 is 0 Å². The van der Waals surface area contributed by atoms with Crippen LogP contribution in [0.3, 0.4) is 0 Å². The van der Waals surface area contributed by atoms with Crippen molar-refractivity contribution >= 4 is 11.9 Å². The van der Waals surface area contributed by atoms with Gasteiger partial charge in [0.2, 0.25) is 5.95 Å². The molecule has 8 heteroatoms. The summed E-state index contributed by atoms with van der Waals surface area (Å²) in [5.74, 6) is 1.57. The molecule has 0 spiro atoms. The van der Waals surface area contributed by atoms with Crippen molar-refractivity contribution in [2.45, 2.75) is 13.5 Å². The molecule has 1 saturated heterocycles. The number of carbonyl (C=O) groups excluding carboxylic acids is 1. The van der Waals surface area contributed by atoms with Crippen molar-refractivity contribution in [1.29, 1.82) is 0 Å². The highest BCUT2D eigenvalue weighted by molar-refractivity contribution is 5.95. The SMILES string of the molecule is COc1cc(OC)cc(C(=O)NCc2cc(C)nc(N3CCOCC3)n2)c1. The van der Waals surface area contributed by atoms with Gasteiger partial charge >= 0.3 is 0 Å². The smallest absolute Gasteiger partial charge is 0.251 e. The zero-order valence-electron chi connectivity index (χ0n) is 15.8. The predicted octanol–water partition coefficient (Wildman–Crippen LogP) is 1.57. The molecule has 1 aliphatic rings. The monoisotopic (exact) mass is 372 g/mol. The largest absolute Gasteiger partial charge is 0.497 e. The van der Waals surface area contributed by atoms with Gasteiger partial charge in [-0.1, -0.05) is 0 Å². The number of amides is 1. The van der Waals surface area contributed by atoms with E-state index in [1.807, 2.05) is 13.0 Å². The van der Waals surface area contributed by atoms with E-state index in [1.165, 1.54) is 0 Å². The zero-order valence-corrected chi connectivity index (χ0v) is 15.8. The van der Waals surface area contributed by atoms with E-state index in [-0.39, 0.29) is 5.91 Å². The van der Waals surface area contributed by atoms with Crippen LogP contribution in [0.4, 0.5) is 5.95 Å². The van der Waals surface area contributed by atoms with Crippen LogP contribution in [0.1, 0.15) is 21.7 Å². The fraction of sp³-hybridized carbons (Fsp3) is 0.421. The molecule has 8 nitrogen and oxygen atoms in total. The molecular weight excluding hydrogens is 348 g/mol. The fourth-order valence-corrected chi connectivity index (χ4v) is 2.82. The molecule has 1 aromatic carbocycles. The number of aromatic nitrogens is 2. The summed E-state index contributed by atoms with van der Waals surface area (Å²) in [5, 5.41) is 2.89. The summed E-state index contributed by atoms with van der Waals surface area (Å²) in [6, 6.07) is 6.93. The average molecular weight is 372 g/mol. The highest BCUT2D eigenvalue weighted by Gasteiger charge is 2.16. The average Bonchev–Trinajstić information content (AvgIpc) is 2.71. The number of ether oxygens (including phenoxy) is 3. The van der Waals surface area contributed by atoms with Gasteiger partial charge in [-0.2, -0.15) is 0 Å².